The maximum Gasteiger partial charge on any atom is 0.194 e. The van der Waals surface area contributed by atoms with Crippen molar-refractivity contribution < 1.29 is 13.2 Å². The van der Waals surface area contributed by atoms with Crippen LogP contribution in [0.1, 0.15) is 18.0 Å². The lowest BCUT2D eigenvalue weighted by Gasteiger charge is -2.24. The van der Waals surface area contributed by atoms with Gasteiger partial charge in [0.2, 0.25) is 0 Å². The highest BCUT2D eigenvalue weighted by Crippen LogP contribution is 2.36. The Kier molecular flexibility index (Phi) is 3.40. The molecule has 0 aromatic heterocycles. The van der Waals surface area contributed by atoms with Gasteiger partial charge in [0.25, 0.3) is 0 Å². The molecule has 0 bridgehead atoms. The van der Waals surface area contributed by atoms with Crippen molar-refractivity contribution in [2.75, 3.05) is 20.1 Å². The molecule has 0 spiro atoms. The number of nitrogens with zero attached hydrogens (tertiary/aromatic N) is 1. The molecule has 1 aromatic rings. The number of hydrogen-bond acceptors (Lipinski definition) is 2. The number of hydrogen-bond donors (Lipinski definition) is 1. The SMILES string of the molecule is CN1CCC(CN)C1c1cc(F)c(F)c(F)c1. The molecule has 0 aliphatic carbocycles. The van der Waals surface area contributed by atoms with E-state index in [0.29, 0.717) is 12.1 Å². The second kappa shape index (κ2) is 4.66. The lowest BCUT2D eigenvalue weighted by Crippen LogP contribution is -2.25. The molecule has 2 nitrogen and oxygen atoms in total. The van der Waals surface area contributed by atoms with E-state index < -0.39 is 17.5 Å². The van der Waals surface area contributed by atoms with Gasteiger partial charge in [-0.25, -0.2) is 13.2 Å². The Morgan fingerprint density at radius 3 is 2.41 bits per heavy atom. The van der Waals surface area contributed by atoms with E-state index >= 15 is 0 Å². The first-order valence-electron chi connectivity index (χ1n) is 5.59. The monoisotopic (exact) mass is 244 g/mol. The quantitative estimate of drug-likeness (QED) is 0.807. The molecule has 0 radical (unpaired) electrons. The van der Waals surface area contributed by atoms with Crippen LogP contribution in [0.5, 0.6) is 0 Å². The Morgan fingerprint density at radius 1 is 1.29 bits per heavy atom. The lowest BCUT2D eigenvalue weighted by atomic mass is 9.93. The summed E-state index contributed by atoms with van der Waals surface area (Å²) in [5.74, 6) is -3.55. The topological polar surface area (TPSA) is 29.3 Å². The third-order valence-corrected chi connectivity index (χ3v) is 3.42. The molecule has 1 aliphatic rings. The Labute approximate surface area is 98.2 Å². The largest absolute Gasteiger partial charge is 0.330 e. The fourth-order valence-electron chi connectivity index (χ4n) is 2.55. The summed E-state index contributed by atoms with van der Waals surface area (Å²) < 4.78 is 39.3. The summed E-state index contributed by atoms with van der Waals surface area (Å²) in [6.07, 6.45) is 0.887. The molecule has 0 amide bonds. The summed E-state index contributed by atoms with van der Waals surface area (Å²) in [5, 5.41) is 0. The predicted octanol–water partition coefficient (Wildman–Crippen LogP) is 2.06. The van der Waals surface area contributed by atoms with Crippen LogP contribution in [0.3, 0.4) is 0 Å². The molecule has 2 N–H and O–H groups in total. The normalized spacial score (nSPS) is 25.5. The van der Waals surface area contributed by atoms with Gasteiger partial charge >= 0.3 is 0 Å². The van der Waals surface area contributed by atoms with Crippen molar-refractivity contribution in [2.45, 2.75) is 12.5 Å². The predicted molar refractivity (Wildman–Crippen MR) is 58.8 cm³/mol. The molecule has 5 heteroatoms. The van der Waals surface area contributed by atoms with Gasteiger partial charge in [0, 0.05) is 6.04 Å². The Hall–Kier alpha value is -1.07. The zero-order valence-electron chi connectivity index (χ0n) is 9.59. The Balaban J connectivity index is 2.39. The molecular weight excluding hydrogens is 229 g/mol. The smallest absolute Gasteiger partial charge is 0.194 e. The van der Waals surface area contributed by atoms with Crippen LogP contribution in [0, 0.1) is 23.4 Å². The zero-order chi connectivity index (χ0) is 12.6. The van der Waals surface area contributed by atoms with E-state index in [2.05, 4.69) is 0 Å². The van der Waals surface area contributed by atoms with Gasteiger partial charge in [0.05, 0.1) is 0 Å². The van der Waals surface area contributed by atoms with E-state index in [-0.39, 0.29) is 12.0 Å². The fourth-order valence-corrected chi connectivity index (χ4v) is 2.55. The van der Waals surface area contributed by atoms with Gasteiger partial charge in [-0.3, -0.25) is 4.90 Å². The number of likely N-dealkylation sites (tertiary alicyclic amines) is 1. The number of halogens is 3. The van der Waals surface area contributed by atoms with E-state index in [1.54, 1.807) is 0 Å². The number of nitrogens with two attached hydrogens (primary N) is 1. The third-order valence-electron chi connectivity index (χ3n) is 3.42. The van der Waals surface area contributed by atoms with Gasteiger partial charge in [0.1, 0.15) is 0 Å². The lowest BCUT2D eigenvalue weighted by molar-refractivity contribution is 0.277. The van der Waals surface area contributed by atoms with E-state index in [9.17, 15) is 13.2 Å². The van der Waals surface area contributed by atoms with Crippen LogP contribution in [-0.4, -0.2) is 25.0 Å². The molecule has 17 heavy (non-hydrogen) atoms. The van der Waals surface area contributed by atoms with Crippen molar-refractivity contribution in [1.29, 1.82) is 0 Å². The van der Waals surface area contributed by atoms with Gasteiger partial charge in [-0.1, -0.05) is 0 Å². The van der Waals surface area contributed by atoms with Gasteiger partial charge in [-0.05, 0) is 50.2 Å². The van der Waals surface area contributed by atoms with E-state index in [1.807, 2.05) is 11.9 Å². The minimum Gasteiger partial charge on any atom is -0.330 e. The van der Waals surface area contributed by atoms with Crippen LogP contribution in [-0.2, 0) is 0 Å². The van der Waals surface area contributed by atoms with Crippen LogP contribution in [0.2, 0.25) is 0 Å². The molecular formula is C12H15F3N2. The molecule has 1 heterocycles. The second-order valence-electron chi connectivity index (χ2n) is 4.51. The molecule has 1 aliphatic heterocycles. The van der Waals surface area contributed by atoms with E-state index in [0.717, 1.165) is 25.1 Å². The van der Waals surface area contributed by atoms with Crippen LogP contribution in [0.25, 0.3) is 0 Å². The molecule has 1 fully saturated rings. The molecule has 1 saturated heterocycles. The highest BCUT2D eigenvalue weighted by Gasteiger charge is 2.33. The molecule has 94 valence electrons. The number of benzene rings is 1. The zero-order valence-corrected chi connectivity index (χ0v) is 9.59. The number of rotatable bonds is 2. The first-order chi connectivity index (χ1) is 8.04. The Morgan fingerprint density at radius 2 is 1.88 bits per heavy atom. The Bertz CT molecular complexity index is 399. The maximum absolute atomic E-state index is 13.2. The van der Waals surface area contributed by atoms with Crippen LogP contribution in [0.15, 0.2) is 12.1 Å². The second-order valence-corrected chi connectivity index (χ2v) is 4.51. The van der Waals surface area contributed by atoms with Crippen molar-refractivity contribution in [1.82, 2.24) is 4.90 Å². The van der Waals surface area contributed by atoms with Crippen LogP contribution in [0.4, 0.5) is 13.2 Å². The molecule has 2 unspecified atom stereocenters. The van der Waals surface area contributed by atoms with E-state index in [4.69, 9.17) is 5.73 Å². The van der Waals surface area contributed by atoms with Crippen molar-refractivity contribution in [3.05, 3.63) is 35.1 Å². The standard InChI is InChI=1S/C12H15F3N2/c1-17-3-2-7(6-16)12(17)8-4-9(13)11(15)10(14)5-8/h4-5,7,12H,2-3,6,16H2,1H3. The summed E-state index contributed by atoms with van der Waals surface area (Å²) in [6.45, 7) is 1.28. The summed E-state index contributed by atoms with van der Waals surface area (Å²) in [7, 11) is 1.87. The van der Waals surface area contributed by atoms with Crippen molar-refractivity contribution in [3.63, 3.8) is 0 Å². The van der Waals surface area contributed by atoms with E-state index in [1.165, 1.54) is 0 Å². The van der Waals surface area contributed by atoms with Gasteiger partial charge in [0.15, 0.2) is 17.5 Å². The average Bonchev–Trinajstić information content (AvgIpc) is 2.66. The van der Waals surface area contributed by atoms with Crippen LogP contribution >= 0.6 is 0 Å². The maximum atomic E-state index is 13.2. The van der Waals surface area contributed by atoms with Gasteiger partial charge in [-0.15, -0.1) is 0 Å². The minimum absolute atomic E-state index is 0.135. The van der Waals surface area contributed by atoms with Gasteiger partial charge < -0.3 is 5.73 Å². The fraction of sp³-hybridized carbons (Fsp3) is 0.500. The minimum atomic E-state index is -1.42. The molecule has 0 saturated carbocycles. The summed E-state index contributed by atoms with van der Waals surface area (Å²) >= 11 is 0. The third kappa shape index (κ3) is 2.17. The average molecular weight is 244 g/mol. The van der Waals surface area contributed by atoms with Crippen molar-refractivity contribution >= 4 is 0 Å². The first kappa shape index (κ1) is 12.4. The molecule has 2 atom stereocenters. The van der Waals surface area contributed by atoms with Gasteiger partial charge in [-0.2, -0.15) is 0 Å². The summed E-state index contributed by atoms with van der Waals surface area (Å²) in [6, 6.07) is 1.99. The molecule has 2 rings (SSSR count). The molecule has 1 aromatic carbocycles. The summed E-state index contributed by atoms with van der Waals surface area (Å²) in [5.41, 5.74) is 6.10. The van der Waals surface area contributed by atoms with Crippen molar-refractivity contribution in [3.8, 4) is 0 Å². The highest BCUT2D eigenvalue weighted by atomic mass is 19.2. The first-order valence-corrected chi connectivity index (χ1v) is 5.59. The highest BCUT2D eigenvalue weighted by molar-refractivity contribution is 5.24. The van der Waals surface area contributed by atoms with Crippen LogP contribution < -0.4 is 5.73 Å². The summed E-state index contributed by atoms with van der Waals surface area (Å²) in [4.78, 5) is 1.99. The van der Waals surface area contributed by atoms with Crippen molar-refractivity contribution in [2.24, 2.45) is 11.7 Å².